The van der Waals surface area contributed by atoms with Gasteiger partial charge in [0.1, 0.15) is 0 Å². The molecule has 0 saturated carbocycles. The van der Waals surface area contributed by atoms with Crippen molar-refractivity contribution in [2.24, 2.45) is 4.99 Å². The largest absolute Gasteiger partial charge is 0.316 e. The summed E-state index contributed by atoms with van der Waals surface area (Å²) < 4.78 is 2.04. The maximum absolute atomic E-state index is 10.8. The molecule has 0 atom stereocenters. The van der Waals surface area contributed by atoms with E-state index in [2.05, 4.69) is 4.99 Å². The van der Waals surface area contributed by atoms with Crippen LogP contribution in [0.1, 0.15) is 11.3 Å². The summed E-state index contributed by atoms with van der Waals surface area (Å²) in [6.07, 6.45) is 3.80. The molecular weight excluding hydrogens is 430 g/mol. The molecule has 0 bridgehead atoms. The average Bonchev–Trinajstić information content (AvgIpc) is 3.24. The molecule has 0 radical (unpaired) electrons. The molecule has 0 spiro atoms. The topological polar surface area (TPSA) is 60.4 Å². The summed E-state index contributed by atoms with van der Waals surface area (Å²) in [6, 6.07) is 24.3. The molecule has 0 saturated heterocycles. The van der Waals surface area contributed by atoms with Crippen LogP contribution in [0, 0.1) is 17.0 Å². The van der Waals surface area contributed by atoms with Crippen LogP contribution in [0.15, 0.2) is 99.8 Å². The van der Waals surface area contributed by atoms with Gasteiger partial charge in [0.2, 0.25) is 0 Å². The summed E-state index contributed by atoms with van der Waals surface area (Å²) in [4.78, 5) is 16.9. The van der Waals surface area contributed by atoms with Crippen LogP contribution in [0.3, 0.4) is 0 Å². The van der Waals surface area contributed by atoms with Crippen LogP contribution >= 0.6 is 23.4 Å². The Morgan fingerprint density at radius 1 is 1.00 bits per heavy atom. The zero-order valence-electron chi connectivity index (χ0n) is 16.6. The summed E-state index contributed by atoms with van der Waals surface area (Å²) in [6.45, 7) is 1.98. The normalized spacial score (nSPS) is 11.2. The number of non-ortho nitro benzene ring substituents is 1. The zero-order chi connectivity index (χ0) is 21.8. The summed E-state index contributed by atoms with van der Waals surface area (Å²) in [5.74, 6) is 0. The third kappa shape index (κ3) is 5.05. The number of hydrogen-bond donors (Lipinski definition) is 0. The van der Waals surface area contributed by atoms with Crippen molar-refractivity contribution >= 4 is 41.0 Å². The van der Waals surface area contributed by atoms with Gasteiger partial charge in [0.05, 0.1) is 22.5 Å². The molecule has 0 aliphatic carbocycles. The first-order valence-electron chi connectivity index (χ1n) is 9.50. The molecule has 1 aromatic heterocycles. The number of aromatic nitrogens is 1. The van der Waals surface area contributed by atoms with Crippen molar-refractivity contribution in [1.29, 1.82) is 0 Å². The molecule has 1 heterocycles. The van der Waals surface area contributed by atoms with Gasteiger partial charge in [0.15, 0.2) is 0 Å². The highest BCUT2D eigenvalue weighted by Crippen LogP contribution is 2.30. The lowest BCUT2D eigenvalue weighted by Crippen LogP contribution is -1.98. The van der Waals surface area contributed by atoms with Crippen molar-refractivity contribution in [3.8, 4) is 5.69 Å². The molecule has 0 aliphatic heterocycles. The Morgan fingerprint density at radius 2 is 1.68 bits per heavy atom. The van der Waals surface area contributed by atoms with Gasteiger partial charge in [-0.15, -0.1) is 0 Å². The Labute approximate surface area is 189 Å². The van der Waals surface area contributed by atoms with Crippen LogP contribution in [-0.2, 0) is 0 Å². The number of rotatable bonds is 6. The van der Waals surface area contributed by atoms with Gasteiger partial charge >= 0.3 is 0 Å². The molecule has 31 heavy (non-hydrogen) atoms. The molecule has 3 aromatic carbocycles. The molecule has 0 unspecified atom stereocenters. The predicted molar refractivity (Wildman–Crippen MR) is 126 cm³/mol. The lowest BCUT2D eigenvalue weighted by Gasteiger charge is -2.08. The van der Waals surface area contributed by atoms with Gasteiger partial charge < -0.3 is 4.57 Å². The number of halogens is 1. The van der Waals surface area contributed by atoms with E-state index < -0.39 is 4.92 Å². The van der Waals surface area contributed by atoms with Gasteiger partial charge in [0.25, 0.3) is 5.69 Å². The molecule has 5 nitrogen and oxygen atoms in total. The molecule has 4 aromatic rings. The maximum Gasteiger partial charge on any atom is 0.269 e. The van der Waals surface area contributed by atoms with E-state index >= 15 is 0 Å². The van der Waals surface area contributed by atoms with E-state index in [4.69, 9.17) is 11.6 Å². The molecule has 0 N–H and O–H groups in total. The number of nitro groups is 1. The molecule has 4 rings (SSSR count). The van der Waals surface area contributed by atoms with E-state index in [9.17, 15) is 10.1 Å². The van der Waals surface area contributed by atoms with Gasteiger partial charge in [-0.3, -0.25) is 15.1 Å². The van der Waals surface area contributed by atoms with Gasteiger partial charge in [0, 0.05) is 38.8 Å². The number of benzene rings is 3. The van der Waals surface area contributed by atoms with Crippen molar-refractivity contribution in [3.63, 3.8) is 0 Å². The van der Waals surface area contributed by atoms with Gasteiger partial charge in [-0.1, -0.05) is 29.4 Å². The summed E-state index contributed by atoms with van der Waals surface area (Å²) in [7, 11) is 0. The van der Waals surface area contributed by atoms with Crippen molar-refractivity contribution in [3.05, 3.63) is 111 Å². The number of nitrogens with zero attached hydrogens (tertiary/aromatic N) is 3. The highest BCUT2D eigenvalue weighted by Gasteiger charge is 2.06. The fraction of sp³-hybridized carbons (Fsp3) is 0.0417. The molecule has 154 valence electrons. The highest BCUT2D eigenvalue weighted by molar-refractivity contribution is 7.99. The smallest absolute Gasteiger partial charge is 0.269 e. The zero-order valence-corrected chi connectivity index (χ0v) is 18.2. The van der Waals surface area contributed by atoms with E-state index in [-0.39, 0.29) is 5.69 Å². The molecule has 7 heteroatoms. The third-order valence-electron chi connectivity index (χ3n) is 4.68. The van der Waals surface area contributed by atoms with Crippen LogP contribution < -0.4 is 0 Å². The second-order valence-electron chi connectivity index (χ2n) is 6.84. The van der Waals surface area contributed by atoms with E-state index in [0.717, 1.165) is 37.4 Å². The summed E-state index contributed by atoms with van der Waals surface area (Å²) in [5.41, 5.74) is 3.90. The lowest BCUT2D eigenvalue weighted by atomic mass is 10.2. The molecule has 0 fully saturated rings. The minimum atomic E-state index is -0.398. The number of nitro benzene ring substituents is 1. The fourth-order valence-corrected chi connectivity index (χ4v) is 3.97. The van der Waals surface area contributed by atoms with Crippen molar-refractivity contribution in [1.82, 2.24) is 4.57 Å². The van der Waals surface area contributed by atoms with Crippen LogP contribution in [0.25, 0.3) is 5.69 Å². The number of hydrogen-bond acceptors (Lipinski definition) is 4. The second-order valence-corrected chi connectivity index (χ2v) is 8.40. The van der Waals surface area contributed by atoms with Gasteiger partial charge in [-0.25, -0.2) is 0 Å². The Kier molecular flexibility index (Phi) is 6.21. The van der Waals surface area contributed by atoms with E-state index in [0.29, 0.717) is 0 Å². The SMILES string of the molecule is Cc1ccc(-n2cccc2C=Nc2ccc(Sc3ccc([N+](=O)[O-])cc3)cc2)cc1Cl. The van der Waals surface area contributed by atoms with Crippen LogP contribution in [0.2, 0.25) is 5.02 Å². The number of aryl methyl sites for hydroxylation is 1. The lowest BCUT2D eigenvalue weighted by molar-refractivity contribution is -0.384. The Bertz CT molecular complexity index is 1250. The van der Waals surface area contributed by atoms with Gasteiger partial charge in [-0.05, 0) is 73.2 Å². The maximum atomic E-state index is 10.8. The summed E-state index contributed by atoms with van der Waals surface area (Å²) >= 11 is 7.82. The summed E-state index contributed by atoms with van der Waals surface area (Å²) in [5, 5.41) is 11.5. The van der Waals surface area contributed by atoms with E-state index in [1.807, 2.05) is 78.5 Å². The predicted octanol–water partition coefficient (Wildman–Crippen LogP) is 7.25. The third-order valence-corrected chi connectivity index (χ3v) is 6.10. The van der Waals surface area contributed by atoms with Crippen molar-refractivity contribution in [2.45, 2.75) is 16.7 Å². The highest BCUT2D eigenvalue weighted by atomic mass is 35.5. The Hall–Kier alpha value is -3.35. The van der Waals surface area contributed by atoms with Crippen LogP contribution in [0.4, 0.5) is 11.4 Å². The van der Waals surface area contributed by atoms with E-state index in [1.165, 1.54) is 12.1 Å². The van der Waals surface area contributed by atoms with Gasteiger partial charge in [-0.2, -0.15) is 0 Å². The standard InChI is InChI=1S/C24H18ClN3O2S/c1-17-4-7-20(15-24(17)25)27-14-2-3-21(27)16-26-18-5-10-22(11-6-18)31-23-12-8-19(9-13-23)28(29)30/h2-16H,1H3. The molecule has 0 aliphatic rings. The molecule has 0 amide bonds. The second kappa shape index (κ2) is 9.20. The minimum Gasteiger partial charge on any atom is -0.316 e. The first-order valence-corrected chi connectivity index (χ1v) is 10.7. The average molecular weight is 448 g/mol. The molecular formula is C24H18ClN3O2S. The first kappa shape index (κ1) is 20.9. The fourth-order valence-electron chi connectivity index (χ4n) is 2.98. The quantitative estimate of drug-likeness (QED) is 0.177. The van der Waals surface area contributed by atoms with Crippen LogP contribution in [0.5, 0.6) is 0 Å². The Balaban J connectivity index is 1.46. The van der Waals surface area contributed by atoms with E-state index in [1.54, 1.807) is 23.9 Å². The monoisotopic (exact) mass is 447 g/mol. The van der Waals surface area contributed by atoms with Crippen molar-refractivity contribution in [2.75, 3.05) is 0 Å². The number of aliphatic imine (C=N–C) groups is 1. The first-order chi connectivity index (χ1) is 15.0. The van der Waals surface area contributed by atoms with Crippen LogP contribution in [-0.4, -0.2) is 15.7 Å². The minimum absolute atomic E-state index is 0.0895. The van der Waals surface area contributed by atoms with Crippen molar-refractivity contribution < 1.29 is 4.92 Å². The Morgan fingerprint density at radius 3 is 2.32 bits per heavy atom.